The van der Waals surface area contributed by atoms with E-state index in [1.807, 2.05) is 0 Å². The first-order valence-corrected chi connectivity index (χ1v) is 4.46. The number of carbonyl (C=O) groups is 1. The monoisotopic (exact) mass is 172 g/mol. The van der Waals surface area contributed by atoms with E-state index in [1.165, 1.54) is 7.11 Å². The van der Waals surface area contributed by atoms with Crippen LogP contribution < -0.4 is 0 Å². The van der Waals surface area contributed by atoms with Gasteiger partial charge in [-0.15, -0.1) is 0 Å². The topological polar surface area (TPSA) is 46.5 Å². The van der Waals surface area contributed by atoms with Crippen LogP contribution in [0.1, 0.15) is 25.7 Å². The second kappa shape index (κ2) is 4.45. The third-order valence-corrected chi connectivity index (χ3v) is 2.58. The summed E-state index contributed by atoms with van der Waals surface area (Å²) in [6.07, 6.45) is 3.79. The van der Waals surface area contributed by atoms with Crippen LogP contribution >= 0.6 is 0 Å². The summed E-state index contributed by atoms with van der Waals surface area (Å²) in [7, 11) is 1.42. The molecule has 12 heavy (non-hydrogen) atoms. The molecule has 1 fully saturated rings. The second-order valence-corrected chi connectivity index (χ2v) is 3.44. The first-order chi connectivity index (χ1) is 5.77. The quantitative estimate of drug-likeness (QED) is 0.631. The maximum atomic E-state index is 11.1. The van der Waals surface area contributed by atoms with Crippen LogP contribution in [0, 0.1) is 11.8 Å². The van der Waals surface area contributed by atoms with Crippen molar-refractivity contribution in [3.05, 3.63) is 0 Å². The van der Waals surface area contributed by atoms with Gasteiger partial charge in [0.2, 0.25) is 0 Å². The molecule has 0 spiro atoms. The van der Waals surface area contributed by atoms with Crippen LogP contribution in [0.3, 0.4) is 0 Å². The molecular weight excluding hydrogens is 156 g/mol. The Morgan fingerprint density at radius 1 is 1.58 bits per heavy atom. The van der Waals surface area contributed by atoms with Crippen molar-refractivity contribution in [3.63, 3.8) is 0 Å². The summed E-state index contributed by atoms with van der Waals surface area (Å²) >= 11 is 0. The number of methoxy groups -OCH3 is 1. The van der Waals surface area contributed by atoms with Gasteiger partial charge in [-0.3, -0.25) is 4.79 Å². The summed E-state index contributed by atoms with van der Waals surface area (Å²) in [6, 6.07) is 0. The number of esters is 1. The lowest BCUT2D eigenvalue weighted by Gasteiger charge is -2.25. The molecule has 0 saturated heterocycles. The van der Waals surface area contributed by atoms with Crippen LogP contribution in [0.25, 0.3) is 0 Å². The van der Waals surface area contributed by atoms with Gasteiger partial charge < -0.3 is 9.84 Å². The van der Waals surface area contributed by atoms with Crippen molar-refractivity contribution < 1.29 is 14.6 Å². The summed E-state index contributed by atoms with van der Waals surface area (Å²) in [5, 5.41) is 8.91. The molecule has 0 bridgehead atoms. The SMILES string of the molecule is COC(=O)[C@@H]1CCC[C@H](CO)C1. The largest absolute Gasteiger partial charge is 0.469 e. The van der Waals surface area contributed by atoms with E-state index in [0.29, 0.717) is 5.92 Å². The zero-order valence-electron chi connectivity index (χ0n) is 7.45. The van der Waals surface area contributed by atoms with Crippen molar-refractivity contribution >= 4 is 5.97 Å². The zero-order valence-corrected chi connectivity index (χ0v) is 7.45. The Morgan fingerprint density at radius 2 is 2.33 bits per heavy atom. The minimum absolute atomic E-state index is 0.0286. The molecule has 1 saturated carbocycles. The van der Waals surface area contributed by atoms with Crippen LogP contribution in [-0.4, -0.2) is 24.8 Å². The standard InChI is InChI=1S/C9H16O3/c1-12-9(11)8-4-2-3-7(5-8)6-10/h7-8,10H,2-6H2,1H3/t7-,8+/m0/s1. The van der Waals surface area contributed by atoms with E-state index >= 15 is 0 Å². The highest BCUT2D eigenvalue weighted by Crippen LogP contribution is 2.29. The lowest BCUT2D eigenvalue weighted by atomic mass is 9.82. The van der Waals surface area contributed by atoms with E-state index in [2.05, 4.69) is 4.74 Å². The lowest BCUT2D eigenvalue weighted by Crippen LogP contribution is -2.25. The highest BCUT2D eigenvalue weighted by Gasteiger charge is 2.27. The van der Waals surface area contributed by atoms with Crippen LogP contribution in [0.5, 0.6) is 0 Å². The normalized spacial score (nSPS) is 29.8. The Kier molecular flexibility index (Phi) is 3.53. The number of hydrogen-bond donors (Lipinski definition) is 1. The number of rotatable bonds is 2. The zero-order chi connectivity index (χ0) is 8.97. The molecule has 0 aromatic rings. The van der Waals surface area contributed by atoms with Crippen LogP contribution in [0.4, 0.5) is 0 Å². The molecule has 0 heterocycles. The van der Waals surface area contributed by atoms with E-state index in [0.717, 1.165) is 25.7 Å². The fourth-order valence-corrected chi connectivity index (χ4v) is 1.84. The Morgan fingerprint density at radius 3 is 2.92 bits per heavy atom. The Bertz CT molecular complexity index is 156. The molecule has 3 nitrogen and oxygen atoms in total. The predicted octanol–water partition coefficient (Wildman–Crippen LogP) is 0.958. The van der Waals surface area contributed by atoms with Gasteiger partial charge in [-0.25, -0.2) is 0 Å². The molecule has 0 amide bonds. The van der Waals surface area contributed by atoms with Crippen molar-refractivity contribution in [2.75, 3.05) is 13.7 Å². The van der Waals surface area contributed by atoms with Gasteiger partial charge in [-0.1, -0.05) is 6.42 Å². The number of aliphatic hydroxyl groups excluding tert-OH is 1. The summed E-state index contributed by atoms with van der Waals surface area (Å²) in [5.74, 6) is 0.219. The van der Waals surface area contributed by atoms with E-state index in [1.54, 1.807) is 0 Å². The summed E-state index contributed by atoms with van der Waals surface area (Å²) in [6.45, 7) is 0.202. The molecule has 0 aliphatic heterocycles. The van der Waals surface area contributed by atoms with Crippen molar-refractivity contribution in [3.8, 4) is 0 Å². The van der Waals surface area contributed by atoms with Gasteiger partial charge in [0.1, 0.15) is 0 Å². The molecule has 1 aliphatic rings. The Labute approximate surface area is 72.7 Å². The summed E-state index contributed by atoms with van der Waals surface area (Å²) in [5.41, 5.74) is 0. The second-order valence-electron chi connectivity index (χ2n) is 3.44. The third-order valence-electron chi connectivity index (χ3n) is 2.58. The minimum atomic E-state index is -0.117. The van der Waals surface area contributed by atoms with Crippen molar-refractivity contribution in [2.45, 2.75) is 25.7 Å². The van der Waals surface area contributed by atoms with Gasteiger partial charge in [0.25, 0.3) is 0 Å². The van der Waals surface area contributed by atoms with Crippen LogP contribution in [0.2, 0.25) is 0 Å². The summed E-state index contributed by atoms with van der Waals surface area (Å²) < 4.78 is 4.66. The molecule has 1 aliphatic carbocycles. The van der Waals surface area contributed by atoms with Gasteiger partial charge in [0, 0.05) is 6.61 Å². The molecule has 70 valence electrons. The molecule has 0 unspecified atom stereocenters. The molecule has 0 aromatic carbocycles. The van der Waals surface area contributed by atoms with Crippen molar-refractivity contribution in [1.82, 2.24) is 0 Å². The molecule has 2 atom stereocenters. The van der Waals surface area contributed by atoms with Crippen LogP contribution in [-0.2, 0) is 9.53 Å². The van der Waals surface area contributed by atoms with Gasteiger partial charge >= 0.3 is 5.97 Å². The Balaban J connectivity index is 2.40. The van der Waals surface area contributed by atoms with E-state index in [9.17, 15) is 4.79 Å². The number of aliphatic hydroxyl groups is 1. The van der Waals surface area contributed by atoms with Gasteiger partial charge in [-0.2, -0.15) is 0 Å². The average Bonchev–Trinajstić information content (AvgIpc) is 2.17. The molecule has 0 radical (unpaired) electrons. The predicted molar refractivity (Wildman–Crippen MR) is 44.5 cm³/mol. The molecule has 1 rings (SSSR count). The smallest absolute Gasteiger partial charge is 0.308 e. The molecule has 3 heteroatoms. The minimum Gasteiger partial charge on any atom is -0.469 e. The van der Waals surface area contributed by atoms with Gasteiger partial charge in [-0.05, 0) is 25.2 Å². The van der Waals surface area contributed by atoms with Gasteiger partial charge in [0.05, 0.1) is 13.0 Å². The van der Waals surface area contributed by atoms with E-state index in [4.69, 9.17) is 5.11 Å². The van der Waals surface area contributed by atoms with Crippen LogP contribution in [0.15, 0.2) is 0 Å². The van der Waals surface area contributed by atoms with E-state index < -0.39 is 0 Å². The number of hydrogen-bond acceptors (Lipinski definition) is 3. The third kappa shape index (κ3) is 2.21. The fourth-order valence-electron chi connectivity index (χ4n) is 1.84. The average molecular weight is 172 g/mol. The fraction of sp³-hybridized carbons (Fsp3) is 0.889. The maximum Gasteiger partial charge on any atom is 0.308 e. The highest BCUT2D eigenvalue weighted by atomic mass is 16.5. The molecule has 1 N–H and O–H groups in total. The highest BCUT2D eigenvalue weighted by molar-refractivity contribution is 5.72. The maximum absolute atomic E-state index is 11.1. The lowest BCUT2D eigenvalue weighted by molar-refractivity contribution is -0.147. The number of ether oxygens (including phenoxy) is 1. The van der Waals surface area contributed by atoms with E-state index in [-0.39, 0.29) is 18.5 Å². The van der Waals surface area contributed by atoms with Crippen molar-refractivity contribution in [2.24, 2.45) is 11.8 Å². The molecule has 0 aromatic heterocycles. The van der Waals surface area contributed by atoms with Gasteiger partial charge in [0.15, 0.2) is 0 Å². The van der Waals surface area contributed by atoms with Crippen molar-refractivity contribution in [1.29, 1.82) is 0 Å². The molecular formula is C9H16O3. The number of carbonyl (C=O) groups excluding carboxylic acids is 1. The first kappa shape index (κ1) is 9.52. The Hall–Kier alpha value is -0.570. The summed E-state index contributed by atoms with van der Waals surface area (Å²) in [4.78, 5) is 11.1. The first-order valence-electron chi connectivity index (χ1n) is 4.46.